The molecule has 0 spiro atoms. The van der Waals surface area contributed by atoms with Crippen LogP contribution in [-0.2, 0) is 9.59 Å². The molecule has 0 atom stereocenters. The second kappa shape index (κ2) is 10.1. The minimum atomic E-state index is -0.507. The smallest absolute Gasteiger partial charge is 0.244 e. The number of hydrogen-bond donors (Lipinski definition) is 1. The van der Waals surface area contributed by atoms with Gasteiger partial charge in [-0.2, -0.15) is 0 Å². The molecule has 0 radical (unpaired) electrons. The molecule has 0 bridgehead atoms. The van der Waals surface area contributed by atoms with Gasteiger partial charge in [0, 0.05) is 43.0 Å². The van der Waals surface area contributed by atoms with Crippen molar-refractivity contribution in [3.8, 4) is 5.75 Å². The highest BCUT2D eigenvalue weighted by Crippen LogP contribution is 2.20. The number of halogens is 2. The fraction of sp³-hybridized carbons (Fsp3) is 0.273. The first kappa shape index (κ1) is 21.6. The zero-order valence-electron chi connectivity index (χ0n) is 16.6. The first-order valence-electron chi connectivity index (χ1n) is 9.54. The van der Waals surface area contributed by atoms with Crippen molar-refractivity contribution in [3.63, 3.8) is 0 Å². The van der Waals surface area contributed by atoms with E-state index in [0.717, 1.165) is 5.69 Å². The first-order chi connectivity index (χ1) is 14.5. The number of hydrogen-bond acceptors (Lipinski definition) is 4. The summed E-state index contributed by atoms with van der Waals surface area (Å²) in [6.07, 6.45) is 2.75. The number of piperazine rings is 1. The third-order valence-electron chi connectivity index (χ3n) is 4.84. The summed E-state index contributed by atoms with van der Waals surface area (Å²) < 4.78 is 18.5. The summed E-state index contributed by atoms with van der Waals surface area (Å²) in [6.45, 7) is 2.51. The van der Waals surface area contributed by atoms with Crippen molar-refractivity contribution in [3.05, 3.63) is 64.9 Å². The summed E-state index contributed by atoms with van der Waals surface area (Å²) in [4.78, 5) is 28.3. The predicted molar refractivity (Wildman–Crippen MR) is 115 cm³/mol. The van der Waals surface area contributed by atoms with Crippen molar-refractivity contribution in [2.24, 2.45) is 0 Å². The van der Waals surface area contributed by atoms with Gasteiger partial charge in [0.15, 0.2) is 11.6 Å². The Balaban J connectivity index is 1.43. The van der Waals surface area contributed by atoms with E-state index in [-0.39, 0.29) is 18.2 Å². The molecule has 2 amide bonds. The molecule has 0 unspecified atom stereocenters. The summed E-state index contributed by atoms with van der Waals surface area (Å²) >= 11 is 5.92. The molecule has 0 aliphatic carbocycles. The van der Waals surface area contributed by atoms with E-state index in [1.54, 1.807) is 11.0 Å². The molecule has 2 aromatic rings. The van der Waals surface area contributed by atoms with Gasteiger partial charge in [-0.25, -0.2) is 4.39 Å². The van der Waals surface area contributed by atoms with Gasteiger partial charge in [0.2, 0.25) is 11.8 Å². The lowest BCUT2D eigenvalue weighted by molar-refractivity contribution is -0.132. The molecule has 1 heterocycles. The molecule has 2 aromatic carbocycles. The topological polar surface area (TPSA) is 61.9 Å². The predicted octanol–water partition coefficient (Wildman–Crippen LogP) is 2.97. The van der Waals surface area contributed by atoms with Crippen molar-refractivity contribution < 1.29 is 18.7 Å². The quantitative estimate of drug-likeness (QED) is 0.714. The Morgan fingerprint density at radius 3 is 2.47 bits per heavy atom. The number of carbonyl (C=O) groups is 2. The summed E-state index contributed by atoms with van der Waals surface area (Å²) in [5, 5.41) is 3.26. The van der Waals surface area contributed by atoms with Gasteiger partial charge in [-0.3, -0.25) is 9.59 Å². The summed E-state index contributed by atoms with van der Waals surface area (Å²) in [6, 6.07) is 12.0. The maximum Gasteiger partial charge on any atom is 0.244 e. The van der Waals surface area contributed by atoms with Gasteiger partial charge in [-0.1, -0.05) is 17.7 Å². The van der Waals surface area contributed by atoms with Crippen molar-refractivity contribution in [1.82, 2.24) is 10.2 Å². The lowest BCUT2D eigenvalue weighted by Gasteiger charge is -2.36. The van der Waals surface area contributed by atoms with E-state index in [1.807, 2.05) is 24.3 Å². The Labute approximate surface area is 179 Å². The van der Waals surface area contributed by atoms with Crippen LogP contribution in [0.25, 0.3) is 6.08 Å². The third-order valence-corrected chi connectivity index (χ3v) is 5.09. The number of rotatable bonds is 6. The van der Waals surface area contributed by atoms with Gasteiger partial charge in [0.25, 0.3) is 0 Å². The highest BCUT2D eigenvalue weighted by molar-refractivity contribution is 6.30. The number of carbonyl (C=O) groups excluding carboxylic acids is 2. The van der Waals surface area contributed by atoms with Crippen LogP contribution in [0.5, 0.6) is 5.75 Å². The molecule has 158 valence electrons. The van der Waals surface area contributed by atoms with Gasteiger partial charge < -0.3 is 19.9 Å². The maximum absolute atomic E-state index is 13.7. The SMILES string of the molecule is COc1ccc(/C=C/C(=O)NCC(=O)N2CCN(c3ccc(Cl)cc3)CC2)cc1F. The molecule has 6 nitrogen and oxygen atoms in total. The maximum atomic E-state index is 13.7. The number of nitrogens with one attached hydrogen (secondary N) is 1. The van der Waals surface area contributed by atoms with Crippen LogP contribution in [-0.4, -0.2) is 56.5 Å². The van der Waals surface area contributed by atoms with Crippen molar-refractivity contribution in [2.45, 2.75) is 0 Å². The molecule has 1 N–H and O–H groups in total. The van der Waals surface area contributed by atoms with Gasteiger partial charge in [-0.15, -0.1) is 0 Å². The Bertz CT molecular complexity index is 926. The lowest BCUT2D eigenvalue weighted by atomic mass is 10.2. The van der Waals surface area contributed by atoms with Crippen LogP contribution >= 0.6 is 11.6 Å². The normalized spacial score (nSPS) is 14.1. The molecule has 1 saturated heterocycles. The van der Waals surface area contributed by atoms with Crippen molar-refractivity contribution in [2.75, 3.05) is 44.7 Å². The largest absolute Gasteiger partial charge is 0.494 e. The third kappa shape index (κ3) is 5.73. The zero-order chi connectivity index (χ0) is 21.5. The average molecular weight is 432 g/mol. The van der Waals surface area contributed by atoms with Crippen LogP contribution in [0.4, 0.5) is 10.1 Å². The van der Waals surface area contributed by atoms with Crippen molar-refractivity contribution >= 4 is 35.2 Å². The Kier molecular flexibility index (Phi) is 7.30. The van der Waals surface area contributed by atoms with Gasteiger partial charge >= 0.3 is 0 Å². The Morgan fingerprint density at radius 1 is 1.13 bits per heavy atom. The highest BCUT2D eigenvalue weighted by atomic mass is 35.5. The van der Waals surface area contributed by atoms with Crippen molar-refractivity contribution in [1.29, 1.82) is 0 Å². The second-order valence-electron chi connectivity index (χ2n) is 6.79. The van der Waals surface area contributed by atoms with Crippen LogP contribution in [0.3, 0.4) is 0 Å². The molecular formula is C22H23ClFN3O3. The molecule has 30 heavy (non-hydrogen) atoms. The summed E-state index contributed by atoms with van der Waals surface area (Å²) in [5.74, 6) is -0.922. The van der Waals surface area contributed by atoms with E-state index in [2.05, 4.69) is 10.2 Å². The minimum Gasteiger partial charge on any atom is -0.494 e. The molecule has 1 aliphatic rings. The number of anilines is 1. The van der Waals surface area contributed by atoms with Crippen LogP contribution in [0.2, 0.25) is 5.02 Å². The average Bonchev–Trinajstić information content (AvgIpc) is 2.77. The Hall–Kier alpha value is -3.06. The minimum absolute atomic E-state index is 0.0823. The van der Waals surface area contributed by atoms with Gasteiger partial charge in [-0.05, 0) is 48.0 Å². The van der Waals surface area contributed by atoms with Gasteiger partial charge in [0.1, 0.15) is 0 Å². The number of methoxy groups -OCH3 is 1. The van der Waals surface area contributed by atoms with E-state index in [1.165, 1.54) is 31.4 Å². The monoisotopic (exact) mass is 431 g/mol. The molecule has 0 aromatic heterocycles. The van der Waals surface area contributed by atoms with E-state index in [4.69, 9.17) is 16.3 Å². The highest BCUT2D eigenvalue weighted by Gasteiger charge is 2.21. The van der Waals surface area contributed by atoms with Gasteiger partial charge in [0.05, 0.1) is 13.7 Å². The molecule has 8 heteroatoms. The Morgan fingerprint density at radius 2 is 1.83 bits per heavy atom. The number of amides is 2. The lowest BCUT2D eigenvalue weighted by Crippen LogP contribution is -2.51. The van der Waals surface area contributed by atoms with Crippen LogP contribution in [0, 0.1) is 5.82 Å². The van der Waals surface area contributed by atoms with E-state index in [9.17, 15) is 14.0 Å². The zero-order valence-corrected chi connectivity index (χ0v) is 17.4. The summed E-state index contributed by atoms with van der Waals surface area (Å²) in [7, 11) is 1.38. The second-order valence-corrected chi connectivity index (χ2v) is 7.23. The molecular weight excluding hydrogens is 409 g/mol. The fourth-order valence-electron chi connectivity index (χ4n) is 3.16. The number of ether oxygens (including phenoxy) is 1. The molecule has 1 aliphatic heterocycles. The van der Waals surface area contributed by atoms with E-state index in [0.29, 0.717) is 36.8 Å². The molecule has 1 fully saturated rings. The summed E-state index contributed by atoms with van der Waals surface area (Å²) in [5.41, 5.74) is 1.59. The molecule has 0 saturated carbocycles. The standard InChI is InChI=1S/C22H23ClFN3O3/c1-30-20-8-2-16(14-19(20)24)3-9-21(28)25-15-22(29)27-12-10-26(11-13-27)18-6-4-17(23)5-7-18/h2-9,14H,10-13,15H2,1H3,(H,25,28)/b9-3+. The van der Waals surface area contributed by atoms with Crippen LogP contribution in [0.1, 0.15) is 5.56 Å². The van der Waals surface area contributed by atoms with Crippen LogP contribution in [0.15, 0.2) is 48.5 Å². The fourth-order valence-corrected chi connectivity index (χ4v) is 3.28. The van der Waals surface area contributed by atoms with Crippen LogP contribution < -0.4 is 15.0 Å². The molecule has 3 rings (SSSR count). The van der Waals surface area contributed by atoms with E-state index < -0.39 is 11.7 Å². The first-order valence-corrected chi connectivity index (χ1v) is 9.92. The number of benzene rings is 2. The number of nitrogens with zero attached hydrogens (tertiary/aromatic N) is 2. The van der Waals surface area contributed by atoms with E-state index >= 15 is 0 Å².